The second-order valence-corrected chi connectivity index (χ2v) is 2.32. The number of aryl methyl sites for hydroxylation is 2. The zero-order chi connectivity index (χ0) is 7.56. The van der Waals surface area contributed by atoms with E-state index in [1.54, 1.807) is 0 Å². The highest BCUT2D eigenvalue weighted by Crippen LogP contribution is 2.13. The minimum absolute atomic E-state index is 0.609. The third-order valence-electron chi connectivity index (χ3n) is 1.20. The molecule has 0 saturated carbocycles. The Bertz CT molecular complexity index is 212. The third kappa shape index (κ3) is 1.46. The van der Waals surface area contributed by atoms with Gasteiger partial charge in [0.2, 0.25) is 0 Å². The summed E-state index contributed by atoms with van der Waals surface area (Å²) in [6.45, 7) is 3.96. The molecule has 48 valence electrons. The van der Waals surface area contributed by atoms with E-state index in [1.807, 2.05) is 32.0 Å². The molecule has 9 heavy (non-hydrogen) atoms. The van der Waals surface area contributed by atoms with Crippen LogP contribution in [-0.4, -0.2) is 6.54 Å². The van der Waals surface area contributed by atoms with Crippen molar-refractivity contribution >= 4 is 0 Å². The number of hydrogen-bond donors (Lipinski definition) is 1. The molecule has 0 aliphatic carbocycles. The van der Waals surface area contributed by atoms with Crippen LogP contribution in [0.1, 0.15) is 11.1 Å². The van der Waals surface area contributed by atoms with Gasteiger partial charge in [0.05, 0.1) is 0 Å². The zero-order valence-corrected chi connectivity index (χ0v) is 5.64. The van der Waals surface area contributed by atoms with Crippen LogP contribution >= 0.6 is 0 Å². The molecule has 1 nitrogen and oxygen atoms in total. The molecule has 1 aromatic rings. The van der Waals surface area contributed by atoms with Gasteiger partial charge >= 0.3 is 0 Å². The summed E-state index contributed by atoms with van der Waals surface area (Å²) >= 11 is 0. The van der Waals surface area contributed by atoms with E-state index in [9.17, 15) is 0 Å². The smallest absolute Gasteiger partial charge is 0.293 e. The third-order valence-corrected chi connectivity index (χ3v) is 1.20. The SMILES string of the molecule is [2H]Oc1cc(C)cc(C)c1. The number of phenolic OH excluding ortho intramolecular Hbond substituents is 1. The first-order chi connectivity index (χ1) is 4.72. The van der Waals surface area contributed by atoms with Crippen LogP contribution in [0.15, 0.2) is 18.2 Å². The van der Waals surface area contributed by atoms with Gasteiger partial charge in [-0.3, -0.25) is 0 Å². The lowest BCUT2D eigenvalue weighted by atomic mass is 10.1. The van der Waals surface area contributed by atoms with E-state index in [1.165, 1.54) is 0 Å². The molecule has 0 spiro atoms. The Morgan fingerprint density at radius 2 is 1.78 bits per heavy atom. The summed E-state index contributed by atoms with van der Waals surface area (Å²) in [7, 11) is 0. The molecule has 1 aromatic carbocycles. The molecule has 0 heterocycles. The van der Waals surface area contributed by atoms with Crippen LogP contribution in [0.5, 0.6) is 5.75 Å². The van der Waals surface area contributed by atoms with Crippen molar-refractivity contribution in [2.45, 2.75) is 13.8 Å². The largest absolute Gasteiger partial charge is 0.508 e. The molecular weight excluding hydrogens is 112 g/mol. The van der Waals surface area contributed by atoms with Gasteiger partial charge in [0.1, 0.15) is 5.75 Å². The predicted octanol–water partition coefficient (Wildman–Crippen LogP) is 2.01. The quantitative estimate of drug-likeness (QED) is 0.605. The molecule has 0 saturated heterocycles. The van der Waals surface area contributed by atoms with Crippen LogP contribution in [0.4, 0.5) is 0 Å². The van der Waals surface area contributed by atoms with Crippen molar-refractivity contribution in [2.24, 2.45) is 0 Å². The Labute approximate surface area is 56.4 Å². The Kier molecular flexibility index (Phi) is 1.13. The maximum atomic E-state index is 6.64. The van der Waals surface area contributed by atoms with Gasteiger partial charge in [-0.1, -0.05) is 6.07 Å². The van der Waals surface area contributed by atoms with Crippen LogP contribution in [0.25, 0.3) is 0 Å². The number of rotatable bonds is 1. The average Bonchev–Trinajstić information content (AvgIpc) is 1.85. The molecule has 0 aliphatic rings. The van der Waals surface area contributed by atoms with Crippen molar-refractivity contribution in [3.63, 3.8) is 0 Å². The lowest BCUT2D eigenvalue weighted by Gasteiger charge is -1.95. The molecule has 1 rings (SSSR count). The number of phenols is 1. The van der Waals surface area contributed by atoms with Crippen LogP contribution in [0.2, 0.25) is 0 Å². The maximum Gasteiger partial charge on any atom is 0.293 e. The van der Waals surface area contributed by atoms with Gasteiger partial charge in [0.15, 0.2) is 0 Å². The summed E-state index contributed by atoms with van der Waals surface area (Å²) in [5.74, 6) is 0.609. The molecule has 0 radical (unpaired) electrons. The Morgan fingerprint density at radius 1 is 1.22 bits per heavy atom. The molecule has 0 bridgehead atoms. The number of aromatic hydroxyl groups is 1. The van der Waals surface area contributed by atoms with Crippen LogP contribution in [0.3, 0.4) is 0 Å². The molecule has 1 N–H and O–H groups in total. The number of benzene rings is 1. The van der Waals surface area contributed by atoms with Crippen molar-refractivity contribution in [1.82, 2.24) is 0 Å². The molecule has 0 aliphatic heterocycles. The van der Waals surface area contributed by atoms with Gasteiger partial charge in [-0.15, -0.1) is 0 Å². The van der Waals surface area contributed by atoms with Crippen molar-refractivity contribution in [3.05, 3.63) is 29.3 Å². The average molecular weight is 123 g/mol. The van der Waals surface area contributed by atoms with Crippen LogP contribution in [0, 0.1) is 13.8 Å². The predicted molar refractivity (Wildman–Crippen MR) is 37.6 cm³/mol. The molecular formula is C8H10O. The first kappa shape index (κ1) is 4.86. The summed E-state index contributed by atoms with van der Waals surface area (Å²) in [4.78, 5) is 0. The summed E-state index contributed by atoms with van der Waals surface area (Å²) < 4.78 is 6.64. The summed E-state index contributed by atoms with van der Waals surface area (Å²) in [5.41, 5.74) is 2.25. The first-order valence-electron chi connectivity index (χ1n) is 3.34. The van der Waals surface area contributed by atoms with E-state index < -0.39 is 0 Å². The van der Waals surface area contributed by atoms with E-state index in [0.29, 0.717) is 5.75 Å². The van der Waals surface area contributed by atoms with E-state index in [0.717, 1.165) is 11.1 Å². The van der Waals surface area contributed by atoms with Gasteiger partial charge in [0, 0.05) is 0 Å². The Hall–Kier alpha value is -0.980. The van der Waals surface area contributed by atoms with Crippen molar-refractivity contribution in [2.75, 3.05) is 0 Å². The first-order valence-corrected chi connectivity index (χ1v) is 2.94. The molecule has 0 aromatic heterocycles. The van der Waals surface area contributed by atoms with Crippen molar-refractivity contribution < 1.29 is 5.11 Å². The Morgan fingerprint density at radius 3 is 2.22 bits per heavy atom. The fourth-order valence-corrected chi connectivity index (χ4v) is 0.933. The molecule has 1 heteroatoms. The molecule has 0 atom stereocenters. The highest BCUT2D eigenvalue weighted by atomic mass is 16.3. The summed E-state index contributed by atoms with van der Waals surface area (Å²) in [5, 5.41) is 4.33. The number of hydrogen-bond acceptors (Lipinski definition) is 1. The summed E-state index contributed by atoms with van der Waals surface area (Å²) in [6, 6.07) is 5.71. The minimum atomic E-state index is 0.609. The van der Waals surface area contributed by atoms with Gasteiger partial charge in [-0.05, 0) is 37.1 Å². The van der Waals surface area contributed by atoms with E-state index in [2.05, 4.69) is 5.11 Å². The van der Waals surface area contributed by atoms with Gasteiger partial charge < -0.3 is 5.11 Å². The lowest BCUT2D eigenvalue weighted by Crippen LogP contribution is -1.74. The van der Waals surface area contributed by atoms with Crippen LogP contribution in [-0.2, 0) is 0 Å². The topological polar surface area (TPSA) is 20.2 Å². The van der Waals surface area contributed by atoms with Crippen LogP contribution < -0.4 is 0 Å². The van der Waals surface area contributed by atoms with Gasteiger partial charge in [-0.2, -0.15) is 0 Å². The highest BCUT2D eigenvalue weighted by Gasteiger charge is 1.89. The van der Waals surface area contributed by atoms with E-state index in [4.69, 9.17) is 1.43 Å². The maximum absolute atomic E-state index is 6.64. The van der Waals surface area contributed by atoms with Crippen molar-refractivity contribution in [3.8, 4) is 5.75 Å². The monoisotopic (exact) mass is 123 g/mol. The molecule has 0 amide bonds. The zero-order valence-electron chi connectivity index (χ0n) is 6.64. The second kappa shape index (κ2) is 2.09. The van der Waals surface area contributed by atoms with E-state index >= 15 is 0 Å². The van der Waals surface area contributed by atoms with Crippen molar-refractivity contribution in [1.29, 1.82) is 1.43 Å². The standard InChI is InChI=1S/C8H10O/c1-6-3-7(2)5-8(9)4-6/h3-5,9H,1-2H3/i/hD. The van der Waals surface area contributed by atoms with Gasteiger partial charge in [-0.25, -0.2) is 0 Å². The molecule has 0 fully saturated rings. The fourth-order valence-electron chi connectivity index (χ4n) is 0.933. The second-order valence-electron chi connectivity index (χ2n) is 2.32. The minimum Gasteiger partial charge on any atom is -0.508 e. The lowest BCUT2D eigenvalue weighted by molar-refractivity contribution is 0.474. The van der Waals surface area contributed by atoms with E-state index in [-0.39, 0.29) is 0 Å². The summed E-state index contributed by atoms with van der Waals surface area (Å²) in [6.07, 6.45) is 0. The highest BCUT2D eigenvalue weighted by molar-refractivity contribution is 5.31. The molecule has 0 unspecified atom stereocenters. The normalized spacial score (nSPS) is 10.7. The fraction of sp³-hybridized carbons (Fsp3) is 0.250. The van der Waals surface area contributed by atoms with Gasteiger partial charge in [0.25, 0.3) is 1.43 Å². The Balaban J connectivity index is 3.06.